The van der Waals surface area contributed by atoms with Gasteiger partial charge in [0, 0.05) is 5.02 Å². The molecule has 0 amide bonds. The Kier molecular flexibility index (Phi) is 5.79. The third-order valence-electron chi connectivity index (χ3n) is 10.1. The van der Waals surface area contributed by atoms with Crippen molar-refractivity contribution in [3.8, 4) is 22.3 Å². The molecule has 0 fully saturated rings. The summed E-state index contributed by atoms with van der Waals surface area (Å²) in [6.07, 6.45) is 0. The summed E-state index contributed by atoms with van der Waals surface area (Å²) in [6, 6.07) is 64.4. The van der Waals surface area contributed by atoms with E-state index in [2.05, 4.69) is 170 Å². The molecule has 7 aromatic carbocycles. The van der Waals surface area contributed by atoms with E-state index in [-0.39, 0.29) is 0 Å². The zero-order chi connectivity index (χ0) is 30.0. The van der Waals surface area contributed by atoms with Crippen molar-refractivity contribution in [2.24, 2.45) is 0 Å². The average Bonchev–Trinajstić information content (AvgIpc) is 3.56. The Balaban J connectivity index is 1.47. The first-order valence-corrected chi connectivity index (χ1v) is 15.9. The fraction of sp³-hybridized carbons (Fsp3) is 0.0455. The number of rotatable bonds is 4. The molecule has 0 radical (unpaired) electrons. The first-order chi connectivity index (χ1) is 22.2. The largest absolute Gasteiger partial charge is 0.0843 e. The van der Waals surface area contributed by atoms with Crippen LogP contribution < -0.4 is 0 Å². The van der Waals surface area contributed by atoms with E-state index in [1.54, 1.807) is 0 Å². The van der Waals surface area contributed by atoms with Crippen molar-refractivity contribution in [3.63, 3.8) is 0 Å². The van der Waals surface area contributed by atoms with Crippen LogP contribution in [-0.2, 0) is 10.8 Å². The number of halogens is 1. The van der Waals surface area contributed by atoms with Gasteiger partial charge < -0.3 is 0 Å². The van der Waals surface area contributed by atoms with E-state index < -0.39 is 10.8 Å². The predicted octanol–water partition coefficient (Wildman–Crippen LogP) is 11.1. The predicted molar refractivity (Wildman–Crippen MR) is 186 cm³/mol. The molecule has 2 aliphatic carbocycles. The highest BCUT2D eigenvalue weighted by Gasteiger charge is 2.51. The lowest BCUT2D eigenvalue weighted by Gasteiger charge is -2.35. The van der Waals surface area contributed by atoms with Crippen LogP contribution in [0.3, 0.4) is 0 Å². The van der Waals surface area contributed by atoms with Gasteiger partial charge in [-0.2, -0.15) is 0 Å². The maximum absolute atomic E-state index is 6.84. The molecule has 0 aliphatic heterocycles. The van der Waals surface area contributed by atoms with Crippen LogP contribution in [0.5, 0.6) is 0 Å². The van der Waals surface area contributed by atoms with Crippen LogP contribution in [0.2, 0.25) is 5.02 Å². The smallest absolute Gasteiger partial charge is 0.0714 e. The Labute approximate surface area is 269 Å². The SMILES string of the molecule is Clc1ccc2c(c1)C(c1ccccc1)(c1ccccc1)c1cc3c(cc1-2)C(c1ccccc1)(c1ccccc1)c1ccccc1-3. The molecular formula is C44H29Cl. The minimum atomic E-state index is -0.521. The highest BCUT2D eigenvalue weighted by molar-refractivity contribution is 6.30. The van der Waals surface area contributed by atoms with Gasteiger partial charge >= 0.3 is 0 Å². The van der Waals surface area contributed by atoms with Crippen LogP contribution in [0.4, 0.5) is 0 Å². The van der Waals surface area contributed by atoms with Crippen LogP contribution in [0.1, 0.15) is 44.5 Å². The molecule has 45 heavy (non-hydrogen) atoms. The Bertz CT molecular complexity index is 2120. The molecule has 9 rings (SSSR count). The second-order valence-corrected chi connectivity index (χ2v) is 12.6. The normalized spacial score (nSPS) is 14.7. The second kappa shape index (κ2) is 9.92. The summed E-state index contributed by atoms with van der Waals surface area (Å²) in [4.78, 5) is 0. The summed E-state index contributed by atoms with van der Waals surface area (Å²) in [5, 5.41) is 0.749. The molecule has 212 valence electrons. The van der Waals surface area contributed by atoms with Crippen LogP contribution >= 0.6 is 11.6 Å². The van der Waals surface area contributed by atoms with Crippen molar-refractivity contribution < 1.29 is 0 Å². The number of fused-ring (bicyclic) bond motifs is 6. The molecule has 0 heterocycles. The van der Waals surface area contributed by atoms with Crippen LogP contribution in [-0.4, -0.2) is 0 Å². The molecule has 0 aromatic heterocycles. The van der Waals surface area contributed by atoms with Gasteiger partial charge in [-0.1, -0.05) is 163 Å². The van der Waals surface area contributed by atoms with Crippen molar-refractivity contribution in [3.05, 3.63) is 225 Å². The summed E-state index contributed by atoms with van der Waals surface area (Å²) in [6.45, 7) is 0. The van der Waals surface area contributed by atoms with E-state index in [9.17, 15) is 0 Å². The van der Waals surface area contributed by atoms with Gasteiger partial charge in [0.05, 0.1) is 10.8 Å². The number of hydrogen-bond acceptors (Lipinski definition) is 0. The van der Waals surface area contributed by atoms with Gasteiger partial charge in [0.1, 0.15) is 0 Å². The maximum atomic E-state index is 6.84. The molecule has 1 heteroatoms. The van der Waals surface area contributed by atoms with Crippen LogP contribution in [0.25, 0.3) is 22.3 Å². The minimum Gasteiger partial charge on any atom is -0.0843 e. The van der Waals surface area contributed by atoms with E-state index in [1.807, 2.05) is 6.07 Å². The van der Waals surface area contributed by atoms with Crippen molar-refractivity contribution in [2.75, 3.05) is 0 Å². The lowest BCUT2D eigenvalue weighted by Crippen LogP contribution is -2.29. The van der Waals surface area contributed by atoms with E-state index in [1.165, 1.54) is 66.8 Å². The monoisotopic (exact) mass is 592 g/mol. The average molecular weight is 593 g/mol. The van der Waals surface area contributed by atoms with Crippen molar-refractivity contribution >= 4 is 11.6 Å². The van der Waals surface area contributed by atoms with E-state index in [0.29, 0.717) is 0 Å². The molecule has 0 N–H and O–H groups in total. The highest BCUT2D eigenvalue weighted by Crippen LogP contribution is 2.62. The fourth-order valence-corrected chi connectivity index (χ4v) is 8.56. The van der Waals surface area contributed by atoms with Crippen molar-refractivity contribution in [2.45, 2.75) is 10.8 Å². The Morgan fingerprint density at radius 1 is 0.289 bits per heavy atom. The molecule has 0 saturated carbocycles. The Hall–Kier alpha value is -5.17. The summed E-state index contributed by atoms with van der Waals surface area (Å²) in [5.41, 5.74) is 14.3. The van der Waals surface area contributed by atoms with E-state index in [0.717, 1.165) is 5.02 Å². The molecule has 0 unspecified atom stereocenters. The Morgan fingerprint density at radius 3 is 1.11 bits per heavy atom. The molecule has 0 saturated heterocycles. The fourth-order valence-electron chi connectivity index (χ4n) is 8.39. The first kappa shape index (κ1) is 26.3. The zero-order valence-corrected chi connectivity index (χ0v) is 25.4. The second-order valence-electron chi connectivity index (χ2n) is 12.1. The van der Waals surface area contributed by atoms with Gasteiger partial charge in [-0.25, -0.2) is 0 Å². The molecule has 2 aliphatic rings. The number of benzene rings is 7. The number of hydrogen-bond donors (Lipinski definition) is 0. The third-order valence-corrected chi connectivity index (χ3v) is 10.3. The molecular weight excluding hydrogens is 564 g/mol. The van der Waals surface area contributed by atoms with E-state index in [4.69, 9.17) is 11.6 Å². The van der Waals surface area contributed by atoms with Gasteiger partial charge in [-0.05, 0) is 91.0 Å². The van der Waals surface area contributed by atoms with Gasteiger partial charge in [0.2, 0.25) is 0 Å². The maximum Gasteiger partial charge on any atom is 0.0714 e. The zero-order valence-electron chi connectivity index (χ0n) is 24.6. The minimum absolute atomic E-state index is 0.458. The standard InChI is InChI=1S/C44H29Cl/c45-34-25-26-36-38-29-41-37(28-42(38)44(40(36)27-34,32-19-9-3-10-20-32)33-21-11-4-12-22-33)35-23-13-14-24-39(35)43(41,30-15-5-1-6-16-30)31-17-7-2-8-18-31/h1-29H. The van der Waals surface area contributed by atoms with E-state index >= 15 is 0 Å². The summed E-state index contributed by atoms with van der Waals surface area (Å²) < 4.78 is 0. The van der Waals surface area contributed by atoms with Crippen LogP contribution in [0.15, 0.2) is 176 Å². The van der Waals surface area contributed by atoms with Gasteiger partial charge in [0.15, 0.2) is 0 Å². The van der Waals surface area contributed by atoms with Crippen molar-refractivity contribution in [1.82, 2.24) is 0 Å². The van der Waals surface area contributed by atoms with Crippen LogP contribution in [0, 0.1) is 0 Å². The van der Waals surface area contributed by atoms with Gasteiger partial charge in [0.25, 0.3) is 0 Å². The topological polar surface area (TPSA) is 0 Å². The summed E-state index contributed by atoms with van der Waals surface area (Å²) in [7, 11) is 0. The molecule has 0 spiro atoms. The molecule has 7 aromatic rings. The van der Waals surface area contributed by atoms with Crippen molar-refractivity contribution in [1.29, 1.82) is 0 Å². The third kappa shape index (κ3) is 3.49. The summed E-state index contributed by atoms with van der Waals surface area (Å²) in [5.74, 6) is 0. The molecule has 0 bridgehead atoms. The Morgan fingerprint density at radius 2 is 0.644 bits per heavy atom. The van der Waals surface area contributed by atoms with Gasteiger partial charge in [-0.15, -0.1) is 0 Å². The lowest BCUT2D eigenvalue weighted by molar-refractivity contribution is 0.759. The van der Waals surface area contributed by atoms with Gasteiger partial charge in [-0.3, -0.25) is 0 Å². The quantitative estimate of drug-likeness (QED) is 0.191. The highest BCUT2D eigenvalue weighted by atomic mass is 35.5. The lowest BCUT2D eigenvalue weighted by atomic mass is 9.66. The molecule has 0 atom stereocenters. The first-order valence-electron chi connectivity index (χ1n) is 15.6. The molecule has 0 nitrogen and oxygen atoms in total. The summed E-state index contributed by atoms with van der Waals surface area (Å²) >= 11 is 6.84.